The van der Waals surface area contributed by atoms with E-state index in [2.05, 4.69) is 27.3 Å². The summed E-state index contributed by atoms with van der Waals surface area (Å²) in [5, 5.41) is 3.21. The summed E-state index contributed by atoms with van der Waals surface area (Å²) in [5.41, 5.74) is 3.16. The molecule has 4 rings (SSSR count). The zero-order valence-electron chi connectivity index (χ0n) is 15.4. The Labute approximate surface area is 158 Å². The van der Waals surface area contributed by atoms with Gasteiger partial charge in [-0.15, -0.1) is 0 Å². The first-order valence-electron chi connectivity index (χ1n) is 9.06. The third-order valence-corrected chi connectivity index (χ3v) is 4.58. The van der Waals surface area contributed by atoms with E-state index in [9.17, 15) is 0 Å². The minimum atomic E-state index is 0.466. The number of aromatic nitrogens is 1. The predicted molar refractivity (Wildman–Crippen MR) is 104 cm³/mol. The molecule has 1 saturated heterocycles. The van der Waals surface area contributed by atoms with Gasteiger partial charge < -0.3 is 19.2 Å². The van der Waals surface area contributed by atoms with Crippen molar-refractivity contribution in [3.05, 3.63) is 60.3 Å². The number of hydrogen-bond donors (Lipinski definition) is 1. The van der Waals surface area contributed by atoms with E-state index in [0.29, 0.717) is 11.8 Å². The van der Waals surface area contributed by atoms with Crippen molar-refractivity contribution >= 4 is 11.7 Å². The molecular weight excluding hydrogens is 342 g/mol. The molecule has 0 spiro atoms. The first-order chi connectivity index (χ1) is 13.3. The van der Waals surface area contributed by atoms with E-state index < -0.39 is 0 Å². The number of nitrogens with one attached hydrogen (secondary N) is 1. The predicted octanol–water partition coefficient (Wildman–Crippen LogP) is 3.93. The van der Waals surface area contributed by atoms with E-state index in [1.807, 2.05) is 36.4 Å². The van der Waals surface area contributed by atoms with Crippen LogP contribution in [0.5, 0.6) is 5.75 Å². The Hall–Kier alpha value is -2.83. The van der Waals surface area contributed by atoms with E-state index >= 15 is 0 Å². The molecule has 0 unspecified atom stereocenters. The average Bonchev–Trinajstić information content (AvgIpc) is 3.19. The standard InChI is InChI=1S/C21H23N3O3/c1-25-19-4-2-3-17(13-19)20-14-22-21(27-20)23-18-7-5-16(6-8-18)15-24-9-11-26-12-10-24/h2-8,13-14H,9-12,15H2,1H3,(H,22,23). The fourth-order valence-electron chi connectivity index (χ4n) is 3.08. The number of anilines is 2. The highest BCUT2D eigenvalue weighted by atomic mass is 16.5. The van der Waals surface area contributed by atoms with Crippen molar-refractivity contribution in [2.45, 2.75) is 6.54 Å². The number of nitrogens with zero attached hydrogens (tertiary/aromatic N) is 2. The van der Waals surface area contributed by atoms with Crippen LogP contribution in [0.1, 0.15) is 5.56 Å². The minimum absolute atomic E-state index is 0.466. The van der Waals surface area contributed by atoms with Crippen LogP contribution in [0.15, 0.2) is 59.1 Å². The maximum absolute atomic E-state index is 5.82. The summed E-state index contributed by atoms with van der Waals surface area (Å²) in [5.74, 6) is 1.48. The fraction of sp³-hybridized carbons (Fsp3) is 0.286. The third kappa shape index (κ3) is 4.48. The zero-order valence-corrected chi connectivity index (χ0v) is 15.4. The monoisotopic (exact) mass is 365 g/mol. The van der Waals surface area contributed by atoms with Gasteiger partial charge in [-0.25, -0.2) is 4.98 Å². The van der Waals surface area contributed by atoms with Gasteiger partial charge in [0.05, 0.1) is 26.5 Å². The van der Waals surface area contributed by atoms with Gasteiger partial charge >= 0.3 is 0 Å². The highest BCUT2D eigenvalue weighted by Gasteiger charge is 2.11. The molecule has 6 heteroatoms. The molecule has 0 bridgehead atoms. The Morgan fingerprint density at radius 1 is 1.11 bits per heavy atom. The van der Waals surface area contributed by atoms with Crippen molar-refractivity contribution in [2.75, 3.05) is 38.7 Å². The lowest BCUT2D eigenvalue weighted by atomic mass is 10.2. The van der Waals surface area contributed by atoms with Gasteiger partial charge in [-0.2, -0.15) is 0 Å². The normalized spacial score (nSPS) is 14.9. The second kappa shape index (κ2) is 8.24. The molecule has 6 nitrogen and oxygen atoms in total. The molecule has 1 aliphatic heterocycles. The van der Waals surface area contributed by atoms with E-state index in [1.54, 1.807) is 13.3 Å². The highest BCUT2D eigenvalue weighted by molar-refractivity contribution is 5.61. The molecule has 140 valence electrons. The lowest BCUT2D eigenvalue weighted by molar-refractivity contribution is 0.0342. The summed E-state index contributed by atoms with van der Waals surface area (Å²) >= 11 is 0. The lowest BCUT2D eigenvalue weighted by Crippen LogP contribution is -2.35. The van der Waals surface area contributed by atoms with Crippen LogP contribution < -0.4 is 10.1 Å². The van der Waals surface area contributed by atoms with Crippen LogP contribution >= 0.6 is 0 Å². The fourth-order valence-corrected chi connectivity index (χ4v) is 3.08. The molecule has 0 aliphatic carbocycles. The number of rotatable bonds is 6. The number of morpholine rings is 1. The molecule has 0 saturated carbocycles. The van der Waals surface area contributed by atoms with Crippen molar-refractivity contribution in [1.82, 2.24) is 9.88 Å². The summed E-state index contributed by atoms with van der Waals surface area (Å²) in [4.78, 5) is 6.72. The summed E-state index contributed by atoms with van der Waals surface area (Å²) in [6.45, 7) is 4.56. The van der Waals surface area contributed by atoms with E-state index in [-0.39, 0.29) is 0 Å². The maximum Gasteiger partial charge on any atom is 0.299 e. The molecule has 1 aromatic heterocycles. The van der Waals surface area contributed by atoms with Crippen molar-refractivity contribution < 1.29 is 13.9 Å². The van der Waals surface area contributed by atoms with Gasteiger partial charge in [0.15, 0.2) is 5.76 Å². The number of oxazole rings is 1. The lowest BCUT2D eigenvalue weighted by Gasteiger charge is -2.26. The molecule has 0 atom stereocenters. The van der Waals surface area contributed by atoms with Crippen LogP contribution in [0, 0.1) is 0 Å². The van der Waals surface area contributed by atoms with Crippen LogP contribution in [0.25, 0.3) is 11.3 Å². The van der Waals surface area contributed by atoms with Gasteiger partial charge in [0, 0.05) is 30.9 Å². The Morgan fingerprint density at radius 2 is 1.93 bits per heavy atom. The molecule has 1 N–H and O–H groups in total. The third-order valence-electron chi connectivity index (χ3n) is 4.58. The smallest absolute Gasteiger partial charge is 0.299 e. The van der Waals surface area contributed by atoms with Crippen LogP contribution in [-0.2, 0) is 11.3 Å². The summed E-state index contributed by atoms with van der Waals surface area (Å²) in [6.07, 6.45) is 1.71. The van der Waals surface area contributed by atoms with Gasteiger partial charge in [-0.3, -0.25) is 4.90 Å². The molecule has 0 amide bonds. The Bertz CT molecular complexity index is 870. The molecule has 1 aliphatic rings. The Balaban J connectivity index is 1.39. The number of benzene rings is 2. The number of ether oxygens (including phenoxy) is 2. The molecule has 3 aromatic rings. The number of methoxy groups -OCH3 is 1. The summed E-state index contributed by atoms with van der Waals surface area (Å²) in [6, 6.07) is 16.5. The second-order valence-corrected chi connectivity index (χ2v) is 6.47. The van der Waals surface area contributed by atoms with Gasteiger partial charge in [-0.05, 0) is 29.8 Å². The first-order valence-corrected chi connectivity index (χ1v) is 9.06. The average molecular weight is 365 g/mol. The van der Waals surface area contributed by atoms with E-state index in [1.165, 1.54) is 5.56 Å². The molecule has 1 fully saturated rings. The zero-order chi connectivity index (χ0) is 18.5. The van der Waals surface area contributed by atoms with E-state index in [0.717, 1.165) is 49.8 Å². The quantitative estimate of drug-likeness (QED) is 0.714. The van der Waals surface area contributed by atoms with Crippen molar-refractivity contribution in [3.63, 3.8) is 0 Å². The SMILES string of the molecule is COc1cccc(-c2cnc(Nc3ccc(CN4CCOCC4)cc3)o2)c1. The van der Waals surface area contributed by atoms with Gasteiger partial charge in [0.2, 0.25) is 0 Å². The van der Waals surface area contributed by atoms with Gasteiger partial charge in [-0.1, -0.05) is 24.3 Å². The first kappa shape index (κ1) is 17.6. The second-order valence-electron chi connectivity index (χ2n) is 6.47. The van der Waals surface area contributed by atoms with Crippen molar-refractivity contribution in [3.8, 4) is 17.1 Å². The van der Waals surface area contributed by atoms with Crippen molar-refractivity contribution in [2.24, 2.45) is 0 Å². The van der Waals surface area contributed by atoms with Crippen molar-refractivity contribution in [1.29, 1.82) is 0 Å². The topological polar surface area (TPSA) is 59.8 Å². The Kier molecular flexibility index (Phi) is 5.37. The molecule has 2 aromatic carbocycles. The molecule has 27 heavy (non-hydrogen) atoms. The van der Waals surface area contributed by atoms with Crippen LogP contribution in [0.2, 0.25) is 0 Å². The molecule has 0 radical (unpaired) electrons. The molecule has 2 heterocycles. The largest absolute Gasteiger partial charge is 0.497 e. The summed E-state index contributed by atoms with van der Waals surface area (Å²) in [7, 11) is 1.65. The maximum atomic E-state index is 5.82. The highest BCUT2D eigenvalue weighted by Crippen LogP contribution is 2.27. The number of hydrogen-bond acceptors (Lipinski definition) is 6. The van der Waals surface area contributed by atoms with Gasteiger partial charge in [0.1, 0.15) is 5.75 Å². The van der Waals surface area contributed by atoms with E-state index in [4.69, 9.17) is 13.9 Å². The van der Waals surface area contributed by atoms with Crippen LogP contribution in [0.4, 0.5) is 11.7 Å². The summed E-state index contributed by atoms with van der Waals surface area (Å²) < 4.78 is 16.5. The van der Waals surface area contributed by atoms with Gasteiger partial charge in [0.25, 0.3) is 6.01 Å². The van der Waals surface area contributed by atoms with Crippen LogP contribution in [0.3, 0.4) is 0 Å². The molecular formula is C21H23N3O3. The Morgan fingerprint density at radius 3 is 2.70 bits per heavy atom. The van der Waals surface area contributed by atoms with Crippen LogP contribution in [-0.4, -0.2) is 43.3 Å². The minimum Gasteiger partial charge on any atom is -0.497 e.